The van der Waals surface area contributed by atoms with Gasteiger partial charge in [0.15, 0.2) is 0 Å². The van der Waals surface area contributed by atoms with E-state index in [-0.39, 0.29) is 6.04 Å². The van der Waals surface area contributed by atoms with Gasteiger partial charge in [-0.25, -0.2) is 0 Å². The molecule has 4 heteroatoms. The third-order valence-corrected chi connectivity index (χ3v) is 3.41. The number of nitrogens with zero attached hydrogens (tertiary/aromatic N) is 1. The van der Waals surface area contributed by atoms with Crippen LogP contribution in [-0.4, -0.2) is 0 Å². The molecule has 2 aromatic carbocycles. The molecule has 0 bridgehead atoms. The minimum Gasteiger partial charge on any atom is -0.294 e. The smallest absolute Gasteiger partial charge is 0.121 e. The second-order valence-corrected chi connectivity index (χ2v) is 4.93. The molecule has 1 unspecified atom stereocenters. The third kappa shape index (κ3) is 3.71. The largest absolute Gasteiger partial charge is 0.294 e. The van der Waals surface area contributed by atoms with Crippen LogP contribution in [0.4, 0.5) is 0 Å². The number of nitriles is 1. The van der Waals surface area contributed by atoms with E-state index in [9.17, 15) is 5.26 Å². The molecule has 0 aromatic heterocycles. The highest BCUT2D eigenvalue weighted by Gasteiger charge is 2.10. The Hall–Kier alpha value is -1.53. The average Bonchev–Trinajstić information content (AvgIpc) is 2.43. The van der Waals surface area contributed by atoms with E-state index in [0.717, 1.165) is 11.1 Å². The van der Waals surface area contributed by atoms with E-state index >= 15 is 0 Å². The van der Waals surface area contributed by atoms with Gasteiger partial charge in [-0.05, 0) is 29.3 Å². The molecule has 0 heterocycles. The predicted molar refractivity (Wildman–Crippen MR) is 78.1 cm³/mol. The van der Waals surface area contributed by atoms with Crippen molar-refractivity contribution in [3.05, 3.63) is 69.7 Å². The molecule has 1 atom stereocenters. The van der Waals surface area contributed by atoms with Gasteiger partial charge in [-0.1, -0.05) is 53.5 Å². The van der Waals surface area contributed by atoms with Crippen molar-refractivity contribution in [2.45, 2.75) is 12.6 Å². The van der Waals surface area contributed by atoms with Gasteiger partial charge >= 0.3 is 0 Å². The van der Waals surface area contributed by atoms with Crippen LogP contribution in [0.25, 0.3) is 0 Å². The Balaban J connectivity index is 2.07. The first kappa shape index (κ1) is 13.9. The van der Waals surface area contributed by atoms with Gasteiger partial charge in [0, 0.05) is 16.6 Å². The van der Waals surface area contributed by atoms with Crippen LogP contribution in [0.3, 0.4) is 0 Å². The van der Waals surface area contributed by atoms with E-state index in [1.807, 2.05) is 36.4 Å². The van der Waals surface area contributed by atoms with Gasteiger partial charge in [-0.2, -0.15) is 5.26 Å². The summed E-state index contributed by atoms with van der Waals surface area (Å²) < 4.78 is 0. The van der Waals surface area contributed by atoms with Gasteiger partial charge in [0.2, 0.25) is 0 Å². The van der Waals surface area contributed by atoms with Gasteiger partial charge in [-0.15, -0.1) is 0 Å². The SMILES string of the molecule is N#CC(NCc1ccccc1Cl)c1ccc(Cl)cc1. The van der Waals surface area contributed by atoms with Crippen molar-refractivity contribution in [3.63, 3.8) is 0 Å². The van der Waals surface area contributed by atoms with Crippen molar-refractivity contribution in [1.29, 1.82) is 5.26 Å². The highest BCUT2D eigenvalue weighted by atomic mass is 35.5. The lowest BCUT2D eigenvalue weighted by Crippen LogP contribution is -2.19. The zero-order valence-corrected chi connectivity index (χ0v) is 11.6. The van der Waals surface area contributed by atoms with Crippen LogP contribution < -0.4 is 5.32 Å². The highest BCUT2D eigenvalue weighted by Crippen LogP contribution is 2.19. The van der Waals surface area contributed by atoms with Crippen LogP contribution in [0, 0.1) is 11.3 Å². The van der Waals surface area contributed by atoms with Crippen molar-refractivity contribution in [3.8, 4) is 6.07 Å². The molecule has 0 saturated carbocycles. The van der Waals surface area contributed by atoms with Gasteiger partial charge in [0.05, 0.1) is 6.07 Å². The lowest BCUT2D eigenvalue weighted by molar-refractivity contribution is 0.630. The Kier molecular flexibility index (Phi) is 4.81. The van der Waals surface area contributed by atoms with Crippen LogP contribution in [0.5, 0.6) is 0 Å². The normalized spacial score (nSPS) is 11.8. The monoisotopic (exact) mass is 290 g/mol. The van der Waals surface area contributed by atoms with Crippen molar-refractivity contribution in [2.75, 3.05) is 0 Å². The summed E-state index contributed by atoms with van der Waals surface area (Å²) in [6.07, 6.45) is 0. The van der Waals surface area contributed by atoms with E-state index in [2.05, 4.69) is 11.4 Å². The summed E-state index contributed by atoms with van der Waals surface area (Å²) in [5.74, 6) is 0. The molecule has 2 rings (SSSR count). The molecule has 0 amide bonds. The molecule has 0 aliphatic heterocycles. The number of benzene rings is 2. The van der Waals surface area contributed by atoms with E-state index in [1.54, 1.807) is 12.1 Å². The van der Waals surface area contributed by atoms with Crippen LogP contribution in [-0.2, 0) is 6.54 Å². The first-order chi connectivity index (χ1) is 9.20. The number of rotatable bonds is 4. The van der Waals surface area contributed by atoms with E-state index < -0.39 is 0 Å². The minimum absolute atomic E-state index is 0.381. The Morgan fingerprint density at radius 2 is 1.74 bits per heavy atom. The van der Waals surface area contributed by atoms with Gasteiger partial charge in [0.1, 0.15) is 6.04 Å². The highest BCUT2D eigenvalue weighted by molar-refractivity contribution is 6.31. The summed E-state index contributed by atoms with van der Waals surface area (Å²) in [7, 11) is 0. The quantitative estimate of drug-likeness (QED) is 0.909. The molecule has 96 valence electrons. The molecule has 0 aliphatic rings. The van der Waals surface area contributed by atoms with Crippen LogP contribution in [0.2, 0.25) is 10.0 Å². The standard InChI is InChI=1S/C15H12Cl2N2/c16-13-7-5-11(6-8-13)15(9-18)19-10-12-3-1-2-4-14(12)17/h1-8,15,19H,10H2. The molecule has 0 radical (unpaired) electrons. The van der Waals surface area contributed by atoms with Crippen LogP contribution >= 0.6 is 23.2 Å². The molecular formula is C15H12Cl2N2. The summed E-state index contributed by atoms with van der Waals surface area (Å²) >= 11 is 11.9. The summed E-state index contributed by atoms with van der Waals surface area (Å²) in [6.45, 7) is 0.542. The fraction of sp³-hybridized carbons (Fsp3) is 0.133. The maximum absolute atomic E-state index is 9.22. The summed E-state index contributed by atoms with van der Waals surface area (Å²) in [5, 5.41) is 13.7. The fourth-order valence-electron chi connectivity index (χ4n) is 1.75. The third-order valence-electron chi connectivity index (χ3n) is 2.79. The topological polar surface area (TPSA) is 35.8 Å². The number of nitrogens with one attached hydrogen (secondary N) is 1. The average molecular weight is 291 g/mol. The lowest BCUT2D eigenvalue weighted by atomic mass is 10.1. The number of hydrogen-bond donors (Lipinski definition) is 1. The fourth-order valence-corrected chi connectivity index (χ4v) is 2.08. The molecule has 2 nitrogen and oxygen atoms in total. The zero-order valence-electron chi connectivity index (χ0n) is 10.1. The number of halogens is 2. The lowest BCUT2D eigenvalue weighted by Gasteiger charge is -2.12. The van der Waals surface area contributed by atoms with E-state index in [0.29, 0.717) is 16.6 Å². The Morgan fingerprint density at radius 3 is 2.37 bits per heavy atom. The summed E-state index contributed by atoms with van der Waals surface area (Å²) in [4.78, 5) is 0. The molecule has 0 aliphatic carbocycles. The molecular weight excluding hydrogens is 279 g/mol. The first-order valence-electron chi connectivity index (χ1n) is 5.82. The number of hydrogen-bond acceptors (Lipinski definition) is 2. The van der Waals surface area contributed by atoms with Crippen molar-refractivity contribution < 1.29 is 0 Å². The Morgan fingerprint density at radius 1 is 1.05 bits per heavy atom. The molecule has 0 saturated heterocycles. The molecule has 2 aromatic rings. The second-order valence-electron chi connectivity index (χ2n) is 4.09. The maximum Gasteiger partial charge on any atom is 0.121 e. The van der Waals surface area contributed by atoms with Gasteiger partial charge in [-0.3, -0.25) is 5.32 Å². The predicted octanol–water partition coefficient (Wildman–Crippen LogP) is 4.35. The molecule has 0 spiro atoms. The minimum atomic E-state index is -0.381. The Bertz CT molecular complexity index is 588. The summed E-state index contributed by atoms with van der Waals surface area (Å²) in [5.41, 5.74) is 1.86. The first-order valence-corrected chi connectivity index (χ1v) is 6.58. The van der Waals surface area contributed by atoms with Crippen molar-refractivity contribution >= 4 is 23.2 Å². The van der Waals surface area contributed by atoms with E-state index in [4.69, 9.17) is 23.2 Å². The molecule has 0 fully saturated rings. The van der Waals surface area contributed by atoms with Gasteiger partial charge < -0.3 is 0 Å². The zero-order chi connectivity index (χ0) is 13.7. The summed E-state index contributed by atoms with van der Waals surface area (Å²) in [6, 6.07) is 16.7. The van der Waals surface area contributed by atoms with Crippen LogP contribution in [0.15, 0.2) is 48.5 Å². The van der Waals surface area contributed by atoms with Crippen molar-refractivity contribution in [1.82, 2.24) is 5.32 Å². The Labute approximate surface area is 122 Å². The van der Waals surface area contributed by atoms with E-state index in [1.165, 1.54) is 0 Å². The molecule has 1 N–H and O–H groups in total. The maximum atomic E-state index is 9.22. The van der Waals surface area contributed by atoms with Gasteiger partial charge in [0.25, 0.3) is 0 Å². The second kappa shape index (κ2) is 6.58. The van der Waals surface area contributed by atoms with Crippen molar-refractivity contribution in [2.24, 2.45) is 0 Å². The molecule has 19 heavy (non-hydrogen) atoms. The van der Waals surface area contributed by atoms with Crippen LogP contribution in [0.1, 0.15) is 17.2 Å².